The second kappa shape index (κ2) is 3.85. The highest BCUT2D eigenvalue weighted by Gasteiger charge is 2.14. The van der Waals surface area contributed by atoms with E-state index >= 15 is 0 Å². The molecule has 0 unspecified atom stereocenters. The number of nitro benzene ring substituents is 1. The third-order valence-electron chi connectivity index (χ3n) is 1.91. The van der Waals surface area contributed by atoms with Gasteiger partial charge in [-0.05, 0) is 18.6 Å². The number of nitrogens with zero attached hydrogens (tertiary/aromatic N) is 2. The van der Waals surface area contributed by atoms with Crippen molar-refractivity contribution in [1.82, 2.24) is 0 Å². The van der Waals surface area contributed by atoms with Gasteiger partial charge in [0.1, 0.15) is 0 Å². The molecule has 0 aliphatic rings. The van der Waals surface area contributed by atoms with Gasteiger partial charge < -0.3 is 5.11 Å². The van der Waals surface area contributed by atoms with Gasteiger partial charge in [0.05, 0.1) is 23.2 Å². The van der Waals surface area contributed by atoms with Crippen molar-refractivity contribution in [2.45, 2.75) is 13.5 Å². The van der Waals surface area contributed by atoms with Crippen LogP contribution in [0.15, 0.2) is 12.1 Å². The first-order valence-corrected chi connectivity index (χ1v) is 3.89. The predicted molar refractivity (Wildman–Crippen MR) is 48.5 cm³/mol. The fourth-order valence-corrected chi connectivity index (χ4v) is 1.19. The summed E-state index contributed by atoms with van der Waals surface area (Å²) in [5.41, 5.74) is 0.900. The first-order chi connectivity index (χ1) is 6.60. The first kappa shape index (κ1) is 10.2. The van der Waals surface area contributed by atoms with E-state index in [1.165, 1.54) is 12.1 Å². The van der Waals surface area contributed by atoms with Crippen LogP contribution in [-0.2, 0) is 6.61 Å². The van der Waals surface area contributed by atoms with Gasteiger partial charge in [-0.25, -0.2) is 0 Å². The fourth-order valence-electron chi connectivity index (χ4n) is 1.19. The van der Waals surface area contributed by atoms with Crippen molar-refractivity contribution < 1.29 is 10.0 Å². The molecule has 0 heterocycles. The number of rotatable bonds is 2. The van der Waals surface area contributed by atoms with Gasteiger partial charge >= 0.3 is 0 Å². The highest BCUT2D eigenvalue weighted by Crippen LogP contribution is 2.22. The molecular weight excluding hydrogens is 184 g/mol. The van der Waals surface area contributed by atoms with E-state index in [0.29, 0.717) is 11.1 Å². The summed E-state index contributed by atoms with van der Waals surface area (Å²) in [4.78, 5) is 9.98. The molecule has 1 aromatic carbocycles. The lowest BCUT2D eigenvalue weighted by Gasteiger charge is -2.02. The monoisotopic (exact) mass is 192 g/mol. The zero-order valence-corrected chi connectivity index (χ0v) is 7.52. The van der Waals surface area contributed by atoms with Crippen LogP contribution in [0.2, 0.25) is 0 Å². The SMILES string of the molecule is Cc1cc(CO)c(C#N)cc1[N+](=O)[O-]. The average Bonchev–Trinajstić information content (AvgIpc) is 2.16. The number of aliphatic hydroxyl groups is 1. The number of benzene rings is 1. The second-order valence-electron chi connectivity index (χ2n) is 2.82. The van der Waals surface area contributed by atoms with Gasteiger partial charge in [0.2, 0.25) is 0 Å². The lowest BCUT2D eigenvalue weighted by atomic mass is 10.0. The molecule has 0 radical (unpaired) electrons. The Kier molecular flexibility index (Phi) is 2.79. The molecule has 5 heteroatoms. The maximum Gasteiger partial charge on any atom is 0.273 e. The Hall–Kier alpha value is -1.93. The molecule has 0 aliphatic heterocycles. The average molecular weight is 192 g/mol. The van der Waals surface area contributed by atoms with Gasteiger partial charge in [-0.15, -0.1) is 0 Å². The van der Waals surface area contributed by atoms with Crippen LogP contribution < -0.4 is 0 Å². The third kappa shape index (κ3) is 1.70. The maximum absolute atomic E-state index is 10.5. The minimum Gasteiger partial charge on any atom is -0.392 e. The van der Waals surface area contributed by atoms with Crippen molar-refractivity contribution in [2.24, 2.45) is 0 Å². The predicted octanol–water partition coefficient (Wildman–Crippen LogP) is 1.27. The standard InChI is InChI=1S/C9H8N2O3/c1-6-2-8(5-12)7(4-10)3-9(6)11(13)14/h2-3,12H,5H2,1H3. The summed E-state index contributed by atoms with van der Waals surface area (Å²) in [6.07, 6.45) is 0. The second-order valence-corrected chi connectivity index (χ2v) is 2.82. The van der Waals surface area contributed by atoms with E-state index in [4.69, 9.17) is 10.4 Å². The highest BCUT2D eigenvalue weighted by molar-refractivity contribution is 5.51. The molecule has 0 atom stereocenters. The van der Waals surface area contributed by atoms with Gasteiger partial charge in [0.15, 0.2) is 0 Å². The Morgan fingerprint density at radius 3 is 2.71 bits per heavy atom. The van der Waals surface area contributed by atoms with Gasteiger partial charge in [-0.2, -0.15) is 5.26 Å². The van der Waals surface area contributed by atoms with Crippen LogP contribution in [-0.4, -0.2) is 10.0 Å². The summed E-state index contributed by atoms with van der Waals surface area (Å²) in [7, 11) is 0. The largest absolute Gasteiger partial charge is 0.392 e. The van der Waals surface area contributed by atoms with Gasteiger partial charge in [0, 0.05) is 11.6 Å². The van der Waals surface area contributed by atoms with Crippen molar-refractivity contribution in [3.8, 4) is 6.07 Å². The Morgan fingerprint density at radius 1 is 1.64 bits per heavy atom. The summed E-state index contributed by atoms with van der Waals surface area (Å²) < 4.78 is 0. The summed E-state index contributed by atoms with van der Waals surface area (Å²) in [5.74, 6) is 0. The molecule has 72 valence electrons. The summed E-state index contributed by atoms with van der Waals surface area (Å²) in [6.45, 7) is 1.28. The molecule has 0 saturated heterocycles. The number of hydrogen-bond acceptors (Lipinski definition) is 4. The number of aliphatic hydroxyl groups excluding tert-OH is 1. The maximum atomic E-state index is 10.5. The molecule has 1 aromatic rings. The van der Waals surface area contributed by atoms with Crippen LogP contribution in [0.1, 0.15) is 16.7 Å². The molecule has 0 bridgehead atoms. The summed E-state index contributed by atoms with van der Waals surface area (Å²) >= 11 is 0. The molecular formula is C9H8N2O3. The zero-order valence-electron chi connectivity index (χ0n) is 7.52. The van der Waals surface area contributed by atoms with Crippen LogP contribution in [0.25, 0.3) is 0 Å². The number of nitro groups is 1. The van der Waals surface area contributed by atoms with Crippen LogP contribution in [0, 0.1) is 28.4 Å². The Labute approximate surface area is 80.4 Å². The van der Waals surface area contributed by atoms with Gasteiger partial charge in [-0.1, -0.05) is 0 Å². The van der Waals surface area contributed by atoms with E-state index in [9.17, 15) is 10.1 Å². The molecule has 0 saturated carbocycles. The van der Waals surface area contributed by atoms with E-state index in [-0.39, 0.29) is 17.9 Å². The summed E-state index contributed by atoms with van der Waals surface area (Å²) in [5, 5.41) is 28.1. The molecule has 1 N–H and O–H groups in total. The first-order valence-electron chi connectivity index (χ1n) is 3.89. The van der Waals surface area contributed by atoms with Crippen LogP contribution in [0.3, 0.4) is 0 Å². The van der Waals surface area contributed by atoms with E-state index in [2.05, 4.69) is 0 Å². The number of aryl methyl sites for hydroxylation is 1. The van der Waals surface area contributed by atoms with E-state index in [1.807, 2.05) is 0 Å². The van der Waals surface area contributed by atoms with Crippen molar-refractivity contribution in [3.05, 3.63) is 38.9 Å². The highest BCUT2D eigenvalue weighted by atomic mass is 16.6. The molecule has 5 nitrogen and oxygen atoms in total. The third-order valence-corrected chi connectivity index (χ3v) is 1.91. The molecule has 0 amide bonds. The van der Waals surface area contributed by atoms with Gasteiger partial charge in [0.25, 0.3) is 5.69 Å². The topological polar surface area (TPSA) is 87.2 Å². The van der Waals surface area contributed by atoms with E-state index < -0.39 is 4.92 Å². The zero-order chi connectivity index (χ0) is 10.7. The Bertz CT molecular complexity index is 421. The molecule has 14 heavy (non-hydrogen) atoms. The van der Waals surface area contributed by atoms with E-state index in [0.717, 1.165) is 0 Å². The molecule has 0 aliphatic carbocycles. The fraction of sp³-hybridized carbons (Fsp3) is 0.222. The van der Waals surface area contributed by atoms with Crippen LogP contribution in [0.5, 0.6) is 0 Å². The minimum absolute atomic E-state index is 0.0984. The molecule has 0 fully saturated rings. The van der Waals surface area contributed by atoms with E-state index in [1.54, 1.807) is 13.0 Å². The summed E-state index contributed by atoms with van der Waals surface area (Å²) in [6, 6.07) is 4.44. The van der Waals surface area contributed by atoms with Crippen LogP contribution >= 0.6 is 0 Å². The smallest absolute Gasteiger partial charge is 0.273 e. The molecule has 0 aromatic heterocycles. The van der Waals surface area contributed by atoms with Gasteiger partial charge in [-0.3, -0.25) is 10.1 Å². The normalized spacial score (nSPS) is 9.50. The minimum atomic E-state index is -0.544. The quantitative estimate of drug-likeness (QED) is 0.564. The Morgan fingerprint density at radius 2 is 2.29 bits per heavy atom. The molecule has 0 spiro atoms. The van der Waals surface area contributed by atoms with Crippen molar-refractivity contribution in [2.75, 3.05) is 0 Å². The lowest BCUT2D eigenvalue weighted by molar-refractivity contribution is -0.385. The van der Waals surface area contributed by atoms with Crippen molar-refractivity contribution in [3.63, 3.8) is 0 Å². The lowest BCUT2D eigenvalue weighted by Crippen LogP contribution is -1.97. The molecule has 1 rings (SSSR count). The Balaban J connectivity index is 3.40. The number of hydrogen-bond donors (Lipinski definition) is 1. The van der Waals surface area contributed by atoms with Crippen molar-refractivity contribution in [1.29, 1.82) is 5.26 Å². The van der Waals surface area contributed by atoms with Crippen molar-refractivity contribution >= 4 is 5.69 Å². The number of nitriles is 1. The van der Waals surface area contributed by atoms with Crippen LogP contribution in [0.4, 0.5) is 5.69 Å².